The van der Waals surface area contributed by atoms with E-state index in [1.807, 2.05) is 27.7 Å². The van der Waals surface area contributed by atoms with Gasteiger partial charge in [-0.1, -0.05) is 23.3 Å². The van der Waals surface area contributed by atoms with Crippen molar-refractivity contribution in [3.8, 4) is 34.3 Å². The van der Waals surface area contributed by atoms with E-state index < -0.39 is 34.4 Å². The highest BCUT2D eigenvalue weighted by molar-refractivity contribution is 5.93. The highest BCUT2D eigenvalue weighted by Gasteiger charge is 2.36. The van der Waals surface area contributed by atoms with Gasteiger partial charge in [0.05, 0.1) is 7.11 Å². The average Bonchev–Trinajstić information content (AvgIpc) is 2.79. The highest BCUT2D eigenvalue weighted by Crippen LogP contribution is 2.43. The molecule has 0 aliphatic carbocycles. The molecule has 0 saturated heterocycles. The van der Waals surface area contributed by atoms with E-state index in [0.717, 1.165) is 11.1 Å². The summed E-state index contributed by atoms with van der Waals surface area (Å²) in [6, 6.07) is 5.78. The molecule has 0 aliphatic heterocycles. The van der Waals surface area contributed by atoms with Crippen LogP contribution in [-0.2, 0) is 12.8 Å². The zero-order valence-electron chi connectivity index (χ0n) is 20.5. The van der Waals surface area contributed by atoms with Gasteiger partial charge in [0.1, 0.15) is 28.2 Å². The summed E-state index contributed by atoms with van der Waals surface area (Å²) in [4.78, 5) is 13.5. The normalized spacial score (nSPS) is 11.3. The van der Waals surface area contributed by atoms with E-state index in [2.05, 4.69) is 4.74 Å². The lowest BCUT2D eigenvalue weighted by Crippen LogP contribution is -2.22. The molecule has 2 aromatic carbocycles. The van der Waals surface area contributed by atoms with Crippen molar-refractivity contribution in [2.75, 3.05) is 7.11 Å². The number of hydrogen-bond donors (Lipinski definition) is 2. The van der Waals surface area contributed by atoms with Gasteiger partial charge in [0, 0.05) is 16.7 Å². The number of alkyl halides is 3. The lowest BCUT2D eigenvalue weighted by atomic mass is 9.96. The van der Waals surface area contributed by atoms with E-state index in [4.69, 9.17) is 9.15 Å². The van der Waals surface area contributed by atoms with Crippen molar-refractivity contribution in [3.63, 3.8) is 0 Å². The molecule has 0 spiro atoms. The molecule has 0 radical (unpaired) electrons. The van der Waals surface area contributed by atoms with Crippen LogP contribution in [-0.4, -0.2) is 23.7 Å². The Hall–Kier alpha value is -3.88. The first-order valence-electron chi connectivity index (χ1n) is 11.1. The first kappa shape index (κ1) is 26.7. The van der Waals surface area contributed by atoms with Crippen molar-refractivity contribution in [2.45, 2.75) is 46.9 Å². The zero-order chi connectivity index (χ0) is 26.8. The van der Waals surface area contributed by atoms with E-state index in [-0.39, 0.29) is 40.9 Å². The third kappa shape index (κ3) is 5.67. The summed E-state index contributed by atoms with van der Waals surface area (Å²) in [7, 11) is 1.43. The van der Waals surface area contributed by atoms with E-state index in [1.54, 1.807) is 12.2 Å². The third-order valence-corrected chi connectivity index (χ3v) is 5.44. The van der Waals surface area contributed by atoms with Crippen LogP contribution in [0, 0.1) is 0 Å². The lowest BCUT2D eigenvalue weighted by Gasteiger charge is -2.18. The molecule has 3 aromatic rings. The quantitative estimate of drug-likeness (QED) is 0.344. The fraction of sp³-hybridized carbons (Fsp3) is 0.296. The van der Waals surface area contributed by atoms with Crippen LogP contribution in [0.4, 0.5) is 13.2 Å². The zero-order valence-corrected chi connectivity index (χ0v) is 20.5. The number of phenols is 2. The minimum absolute atomic E-state index is 0.00307. The predicted molar refractivity (Wildman–Crippen MR) is 131 cm³/mol. The number of methoxy groups -OCH3 is 1. The van der Waals surface area contributed by atoms with Crippen LogP contribution in [0.15, 0.2) is 56.8 Å². The number of phenolic OH excluding ortho intramolecular Hbond substituents is 2. The van der Waals surface area contributed by atoms with Gasteiger partial charge in [0.15, 0.2) is 5.76 Å². The van der Waals surface area contributed by atoms with Gasteiger partial charge in [-0.25, -0.2) is 0 Å². The largest absolute Gasteiger partial charge is 0.573 e. The predicted octanol–water partition coefficient (Wildman–Crippen LogP) is 6.80. The van der Waals surface area contributed by atoms with Crippen LogP contribution in [0.25, 0.3) is 22.3 Å². The summed E-state index contributed by atoms with van der Waals surface area (Å²) < 4.78 is 55.1. The first-order valence-corrected chi connectivity index (χ1v) is 11.1. The number of hydrogen-bond acceptors (Lipinski definition) is 6. The van der Waals surface area contributed by atoms with Gasteiger partial charge in [-0.15, -0.1) is 13.2 Å². The molecule has 1 aromatic heterocycles. The molecule has 2 N–H and O–H groups in total. The van der Waals surface area contributed by atoms with Crippen molar-refractivity contribution >= 4 is 11.0 Å². The molecule has 1 heterocycles. The number of aromatic hydroxyl groups is 2. The molecular weight excluding hydrogens is 477 g/mol. The van der Waals surface area contributed by atoms with Crippen molar-refractivity contribution in [3.05, 3.63) is 68.9 Å². The van der Waals surface area contributed by atoms with Crippen LogP contribution < -0.4 is 14.9 Å². The van der Waals surface area contributed by atoms with E-state index in [9.17, 15) is 28.2 Å². The molecule has 0 fully saturated rings. The molecule has 3 rings (SSSR count). The average molecular weight is 505 g/mol. The molecule has 0 atom stereocenters. The Morgan fingerprint density at radius 1 is 0.944 bits per heavy atom. The van der Waals surface area contributed by atoms with Crippen molar-refractivity contribution in [1.29, 1.82) is 0 Å². The monoisotopic (exact) mass is 504 g/mol. The van der Waals surface area contributed by atoms with Crippen LogP contribution >= 0.6 is 0 Å². The second kappa shape index (κ2) is 10.4. The minimum atomic E-state index is -5.20. The summed E-state index contributed by atoms with van der Waals surface area (Å²) in [5, 5.41) is 21.5. The fourth-order valence-corrected chi connectivity index (χ4v) is 3.64. The summed E-state index contributed by atoms with van der Waals surface area (Å²) >= 11 is 0. The number of rotatable bonds is 7. The molecular formula is C27H27F3O6. The maximum atomic E-state index is 13.5. The summed E-state index contributed by atoms with van der Waals surface area (Å²) in [5.41, 5.74) is 0.603. The summed E-state index contributed by atoms with van der Waals surface area (Å²) in [6.07, 6.45) is -1.56. The minimum Gasteiger partial charge on any atom is -0.507 e. The van der Waals surface area contributed by atoms with Gasteiger partial charge in [-0.2, -0.15) is 0 Å². The molecule has 0 saturated carbocycles. The Bertz CT molecular complexity index is 1390. The number of benzene rings is 2. The highest BCUT2D eigenvalue weighted by atomic mass is 19.4. The van der Waals surface area contributed by atoms with Gasteiger partial charge in [0.2, 0.25) is 11.2 Å². The number of fused-ring (bicyclic) bond motifs is 1. The summed E-state index contributed by atoms with van der Waals surface area (Å²) in [5.74, 6) is -2.15. The topological polar surface area (TPSA) is 89.1 Å². The van der Waals surface area contributed by atoms with Crippen LogP contribution in [0.3, 0.4) is 0 Å². The molecule has 36 heavy (non-hydrogen) atoms. The van der Waals surface area contributed by atoms with Crippen LogP contribution in [0.2, 0.25) is 0 Å². The number of allylic oxidation sites excluding steroid dienone is 4. The Kier molecular flexibility index (Phi) is 7.71. The third-order valence-electron chi connectivity index (χ3n) is 5.44. The summed E-state index contributed by atoms with van der Waals surface area (Å²) in [6.45, 7) is 7.28. The Morgan fingerprint density at radius 2 is 1.50 bits per heavy atom. The molecule has 0 aliphatic rings. The molecule has 9 heteroatoms. The molecule has 0 amide bonds. The molecule has 6 nitrogen and oxygen atoms in total. The lowest BCUT2D eigenvalue weighted by molar-refractivity contribution is -0.275. The Morgan fingerprint density at radius 3 is 2.00 bits per heavy atom. The van der Waals surface area contributed by atoms with Crippen molar-refractivity contribution in [1.82, 2.24) is 0 Å². The van der Waals surface area contributed by atoms with E-state index in [1.165, 1.54) is 31.4 Å². The van der Waals surface area contributed by atoms with Crippen molar-refractivity contribution in [2.24, 2.45) is 0 Å². The second-order valence-corrected chi connectivity index (χ2v) is 8.70. The standard InChI is InChI=1S/C27H27F3O6/c1-14(2)6-12-18-21(31)19(13-7-15(3)4)25-20(22(18)32)23(33)26(36-27(28,29)30)24(35-25)16-8-10-17(34-5)11-9-16/h6-11,31-32H,12-13H2,1-5H3. The Labute approximate surface area is 205 Å². The van der Waals surface area contributed by atoms with E-state index >= 15 is 0 Å². The van der Waals surface area contributed by atoms with Gasteiger partial charge in [-0.3, -0.25) is 4.79 Å². The van der Waals surface area contributed by atoms with E-state index in [0.29, 0.717) is 5.75 Å². The van der Waals surface area contributed by atoms with Crippen molar-refractivity contribution < 1.29 is 37.3 Å². The SMILES string of the molecule is COc1ccc(-c2oc3c(CC=C(C)C)c(O)c(CC=C(C)C)c(O)c3c(=O)c2OC(F)(F)F)cc1. The van der Waals surface area contributed by atoms with Gasteiger partial charge in [0.25, 0.3) is 0 Å². The van der Waals surface area contributed by atoms with Gasteiger partial charge >= 0.3 is 6.36 Å². The van der Waals surface area contributed by atoms with Gasteiger partial charge < -0.3 is 24.1 Å². The Balaban J connectivity index is 2.48. The number of ether oxygens (including phenoxy) is 2. The number of halogens is 3. The fourth-order valence-electron chi connectivity index (χ4n) is 3.64. The second-order valence-electron chi connectivity index (χ2n) is 8.70. The van der Waals surface area contributed by atoms with Gasteiger partial charge in [-0.05, 0) is 64.8 Å². The maximum absolute atomic E-state index is 13.5. The van der Waals surface area contributed by atoms with Crippen LogP contribution in [0.1, 0.15) is 38.8 Å². The maximum Gasteiger partial charge on any atom is 0.573 e. The molecule has 0 bridgehead atoms. The van der Waals surface area contributed by atoms with Crippen LogP contribution in [0.5, 0.6) is 23.0 Å². The molecule has 192 valence electrons. The smallest absolute Gasteiger partial charge is 0.507 e. The molecule has 0 unspecified atom stereocenters. The first-order chi connectivity index (χ1) is 16.8.